The summed E-state index contributed by atoms with van der Waals surface area (Å²) < 4.78 is 0. The van der Waals surface area contributed by atoms with Crippen LogP contribution in [-0.2, 0) is 12.0 Å². The van der Waals surface area contributed by atoms with Crippen molar-refractivity contribution in [1.82, 2.24) is 5.43 Å². The van der Waals surface area contributed by atoms with Gasteiger partial charge in [0.2, 0.25) is 0 Å². The summed E-state index contributed by atoms with van der Waals surface area (Å²) in [5, 5.41) is 0. The number of para-hydroxylation sites is 1. The first kappa shape index (κ1) is 17.2. The van der Waals surface area contributed by atoms with E-state index in [1.54, 1.807) is 0 Å². The second-order valence-electron chi connectivity index (χ2n) is 7.37. The van der Waals surface area contributed by atoms with Crippen LogP contribution in [0.4, 0.5) is 5.69 Å². The van der Waals surface area contributed by atoms with E-state index in [4.69, 9.17) is 0 Å². The Hall–Kier alpha value is -2.58. The van der Waals surface area contributed by atoms with E-state index in [9.17, 15) is 0 Å². The van der Waals surface area contributed by atoms with Crippen molar-refractivity contribution in [3.8, 4) is 11.1 Å². The Kier molecular flexibility index (Phi) is 5.20. The lowest BCUT2D eigenvalue weighted by atomic mass is 9.86. The smallest absolute Gasteiger partial charge is 0.0487 e. The molecule has 0 radical (unpaired) electrons. The van der Waals surface area contributed by atoms with E-state index in [2.05, 4.69) is 80.2 Å². The minimum absolute atomic E-state index is 0.194. The Labute approximate surface area is 150 Å². The Morgan fingerprint density at radius 2 is 1.24 bits per heavy atom. The molecule has 0 saturated heterocycles. The molecule has 2 heteroatoms. The van der Waals surface area contributed by atoms with Gasteiger partial charge in [-0.15, -0.1) is 0 Å². The fourth-order valence-electron chi connectivity index (χ4n) is 2.75. The molecule has 0 aliphatic rings. The third-order valence-corrected chi connectivity index (χ3v) is 4.34. The molecule has 0 atom stereocenters. The summed E-state index contributed by atoms with van der Waals surface area (Å²) in [5.41, 5.74) is 12.8. The van der Waals surface area contributed by atoms with E-state index in [1.807, 2.05) is 30.3 Å². The molecule has 2 N–H and O–H groups in total. The molecule has 0 saturated carbocycles. The molecule has 3 aromatic rings. The molecular weight excluding hydrogens is 304 g/mol. The van der Waals surface area contributed by atoms with Crippen molar-refractivity contribution in [2.24, 2.45) is 0 Å². The van der Waals surface area contributed by atoms with Crippen LogP contribution in [0.1, 0.15) is 31.9 Å². The Morgan fingerprint density at radius 1 is 0.680 bits per heavy atom. The van der Waals surface area contributed by atoms with E-state index in [1.165, 1.54) is 22.3 Å². The highest BCUT2D eigenvalue weighted by molar-refractivity contribution is 5.64. The highest BCUT2D eigenvalue weighted by Crippen LogP contribution is 2.26. The fraction of sp³-hybridized carbons (Fsp3) is 0.217. The van der Waals surface area contributed by atoms with Gasteiger partial charge in [-0.25, -0.2) is 5.43 Å². The number of hydrogen-bond acceptors (Lipinski definition) is 2. The summed E-state index contributed by atoms with van der Waals surface area (Å²) in [4.78, 5) is 0. The Balaban J connectivity index is 1.60. The van der Waals surface area contributed by atoms with Gasteiger partial charge in [-0.3, -0.25) is 0 Å². The summed E-state index contributed by atoms with van der Waals surface area (Å²) in [5.74, 6) is 0. The van der Waals surface area contributed by atoms with Gasteiger partial charge in [-0.1, -0.05) is 87.5 Å². The van der Waals surface area contributed by atoms with Gasteiger partial charge in [0.25, 0.3) is 0 Å². The van der Waals surface area contributed by atoms with Crippen molar-refractivity contribution in [3.63, 3.8) is 0 Å². The maximum Gasteiger partial charge on any atom is 0.0487 e. The van der Waals surface area contributed by atoms with Crippen LogP contribution in [0.15, 0.2) is 78.9 Å². The van der Waals surface area contributed by atoms with Gasteiger partial charge < -0.3 is 5.43 Å². The van der Waals surface area contributed by atoms with Crippen molar-refractivity contribution in [2.75, 3.05) is 5.43 Å². The molecule has 0 aliphatic heterocycles. The lowest BCUT2D eigenvalue weighted by Crippen LogP contribution is -2.20. The molecule has 0 aromatic heterocycles. The molecule has 0 amide bonds. The van der Waals surface area contributed by atoms with Crippen molar-refractivity contribution in [1.29, 1.82) is 0 Å². The van der Waals surface area contributed by atoms with Gasteiger partial charge in [0.15, 0.2) is 0 Å². The zero-order chi connectivity index (χ0) is 17.7. The minimum Gasteiger partial charge on any atom is -0.321 e. The number of benzene rings is 3. The summed E-state index contributed by atoms with van der Waals surface area (Å²) in [6.07, 6.45) is 0. The van der Waals surface area contributed by atoms with Gasteiger partial charge in [-0.05, 0) is 39.8 Å². The third-order valence-electron chi connectivity index (χ3n) is 4.34. The zero-order valence-electron chi connectivity index (χ0n) is 15.2. The van der Waals surface area contributed by atoms with Crippen molar-refractivity contribution in [2.45, 2.75) is 32.7 Å². The maximum atomic E-state index is 3.25. The predicted octanol–water partition coefficient (Wildman–Crippen LogP) is 5.77. The van der Waals surface area contributed by atoms with Crippen LogP contribution >= 0.6 is 0 Å². The fourth-order valence-corrected chi connectivity index (χ4v) is 2.75. The zero-order valence-corrected chi connectivity index (χ0v) is 15.2. The molecule has 0 aliphatic carbocycles. The lowest BCUT2D eigenvalue weighted by molar-refractivity contribution is 0.590. The van der Waals surface area contributed by atoms with Gasteiger partial charge >= 0.3 is 0 Å². The number of nitrogens with one attached hydrogen (secondary N) is 2. The molecule has 0 bridgehead atoms. The average Bonchev–Trinajstić information content (AvgIpc) is 2.63. The van der Waals surface area contributed by atoms with Gasteiger partial charge in [0, 0.05) is 12.2 Å². The summed E-state index contributed by atoms with van der Waals surface area (Å²) >= 11 is 0. The van der Waals surface area contributed by atoms with Gasteiger partial charge in [0.05, 0.1) is 0 Å². The molecule has 128 valence electrons. The quantitative estimate of drug-likeness (QED) is 0.580. The molecule has 0 fully saturated rings. The monoisotopic (exact) mass is 330 g/mol. The largest absolute Gasteiger partial charge is 0.321 e. The second kappa shape index (κ2) is 7.54. The lowest BCUT2D eigenvalue weighted by Gasteiger charge is -2.19. The molecule has 25 heavy (non-hydrogen) atoms. The Morgan fingerprint density at radius 3 is 1.80 bits per heavy atom. The number of hydrogen-bond donors (Lipinski definition) is 2. The summed E-state index contributed by atoms with van der Waals surface area (Å²) in [6.45, 7) is 7.51. The first-order chi connectivity index (χ1) is 12.0. The molecule has 2 nitrogen and oxygen atoms in total. The van der Waals surface area contributed by atoms with Crippen LogP contribution in [0.5, 0.6) is 0 Å². The standard InChI is InChI=1S/C23H26N2/c1-23(2,3)21-15-13-20(14-16-21)19-11-9-18(10-12-19)17-24-25-22-7-5-4-6-8-22/h4-16,24-25H,17H2,1-3H3. The van der Waals surface area contributed by atoms with E-state index >= 15 is 0 Å². The SMILES string of the molecule is CC(C)(C)c1ccc(-c2ccc(CNNc3ccccc3)cc2)cc1. The minimum atomic E-state index is 0.194. The summed E-state index contributed by atoms with van der Waals surface area (Å²) in [7, 11) is 0. The summed E-state index contributed by atoms with van der Waals surface area (Å²) in [6, 6.07) is 27.7. The highest BCUT2D eigenvalue weighted by atomic mass is 15.3. The second-order valence-corrected chi connectivity index (χ2v) is 7.37. The van der Waals surface area contributed by atoms with Crippen LogP contribution in [-0.4, -0.2) is 0 Å². The normalized spacial score (nSPS) is 11.3. The topological polar surface area (TPSA) is 24.1 Å². The molecule has 3 rings (SSSR count). The molecular formula is C23H26N2. The first-order valence-electron chi connectivity index (χ1n) is 8.76. The van der Waals surface area contributed by atoms with Crippen molar-refractivity contribution < 1.29 is 0 Å². The van der Waals surface area contributed by atoms with Crippen LogP contribution in [0.25, 0.3) is 11.1 Å². The van der Waals surface area contributed by atoms with E-state index < -0.39 is 0 Å². The van der Waals surface area contributed by atoms with Crippen molar-refractivity contribution in [3.05, 3.63) is 90.0 Å². The predicted molar refractivity (Wildman–Crippen MR) is 107 cm³/mol. The van der Waals surface area contributed by atoms with E-state index in [0.717, 1.165) is 12.2 Å². The first-order valence-corrected chi connectivity index (χ1v) is 8.76. The Bertz CT molecular complexity index is 782. The molecule has 0 heterocycles. The van der Waals surface area contributed by atoms with Crippen LogP contribution in [0, 0.1) is 0 Å². The van der Waals surface area contributed by atoms with E-state index in [0.29, 0.717) is 0 Å². The average molecular weight is 330 g/mol. The maximum absolute atomic E-state index is 3.25. The number of hydrazine groups is 1. The molecule has 0 unspecified atom stereocenters. The molecule has 3 aromatic carbocycles. The third kappa shape index (κ3) is 4.71. The number of anilines is 1. The van der Waals surface area contributed by atoms with Gasteiger partial charge in [0.1, 0.15) is 0 Å². The van der Waals surface area contributed by atoms with Crippen molar-refractivity contribution >= 4 is 5.69 Å². The van der Waals surface area contributed by atoms with Crippen LogP contribution < -0.4 is 10.9 Å². The molecule has 0 spiro atoms. The van der Waals surface area contributed by atoms with Gasteiger partial charge in [-0.2, -0.15) is 0 Å². The van der Waals surface area contributed by atoms with E-state index in [-0.39, 0.29) is 5.41 Å². The number of rotatable bonds is 5. The highest BCUT2D eigenvalue weighted by Gasteiger charge is 2.12. The van der Waals surface area contributed by atoms with Crippen LogP contribution in [0.2, 0.25) is 0 Å². The van der Waals surface area contributed by atoms with Crippen LogP contribution in [0.3, 0.4) is 0 Å².